The number of rotatable bonds is 8. The van der Waals surface area contributed by atoms with Crippen molar-refractivity contribution in [2.75, 3.05) is 6.61 Å². The Labute approximate surface area is 171 Å². The molecule has 29 heavy (non-hydrogen) atoms. The molecule has 0 radical (unpaired) electrons. The quantitative estimate of drug-likeness (QED) is 0.396. The Morgan fingerprint density at radius 1 is 1.00 bits per heavy atom. The van der Waals surface area contributed by atoms with Gasteiger partial charge >= 0.3 is 0 Å². The summed E-state index contributed by atoms with van der Waals surface area (Å²) in [6.45, 7) is 1.30. The smallest absolute Gasteiger partial charge is 0.272 e. The lowest BCUT2D eigenvalue weighted by molar-refractivity contribution is 0.0795. The normalized spacial score (nSPS) is 25.2. The summed E-state index contributed by atoms with van der Waals surface area (Å²) in [5.41, 5.74) is 1.04. The predicted molar refractivity (Wildman–Crippen MR) is 108 cm³/mol. The number of halogens is 4. The lowest BCUT2D eigenvalue weighted by Gasteiger charge is -2.35. The van der Waals surface area contributed by atoms with E-state index in [1.807, 2.05) is 0 Å². The third-order valence-corrected chi connectivity index (χ3v) is 6.73. The molecule has 2 aliphatic carbocycles. The van der Waals surface area contributed by atoms with Crippen LogP contribution in [0.3, 0.4) is 0 Å². The fourth-order valence-corrected chi connectivity index (χ4v) is 5.01. The van der Waals surface area contributed by atoms with Crippen molar-refractivity contribution in [3.05, 3.63) is 35.4 Å². The molecule has 0 aliphatic heterocycles. The third-order valence-electron chi connectivity index (χ3n) is 6.73. The molecule has 1 aromatic rings. The van der Waals surface area contributed by atoms with E-state index in [-0.39, 0.29) is 5.56 Å². The van der Waals surface area contributed by atoms with Gasteiger partial charge in [0.05, 0.1) is 0 Å². The number of ether oxygens (including phenoxy) is 1. The maximum Gasteiger partial charge on any atom is 0.272 e. The molecule has 1 atom stereocenters. The van der Waals surface area contributed by atoms with Crippen molar-refractivity contribution in [3.8, 4) is 5.75 Å². The average molecular weight is 413 g/mol. The summed E-state index contributed by atoms with van der Waals surface area (Å²) in [5.74, 6) is -0.372. The summed E-state index contributed by atoms with van der Waals surface area (Å²) in [4.78, 5) is 0. The number of hydrogen-bond acceptors (Lipinski definition) is 1. The summed E-state index contributed by atoms with van der Waals surface area (Å²) >= 11 is 0. The van der Waals surface area contributed by atoms with Gasteiger partial charge in [-0.15, -0.1) is 0 Å². The second kappa shape index (κ2) is 10.5. The van der Waals surface area contributed by atoms with E-state index in [2.05, 4.69) is 17.7 Å². The van der Waals surface area contributed by atoms with Crippen LogP contribution in [0, 0.1) is 29.4 Å². The maximum absolute atomic E-state index is 14.5. The molecule has 1 saturated carbocycles. The zero-order valence-corrected chi connectivity index (χ0v) is 17.2. The highest BCUT2D eigenvalue weighted by Crippen LogP contribution is 2.42. The maximum atomic E-state index is 14.5. The van der Waals surface area contributed by atoms with Crippen LogP contribution < -0.4 is 4.74 Å². The molecule has 3 rings (SSSR count). The molecule has 1 unspecified atom stereocenters. The molecule has 0 aromatic heterocycles. The Morgan fingerprint density at radius 3 is 2.38 bits per heavy atom. The molecule has 5 heteroatoms. The second-order valence-electron chi connectivity index (χ2n) is 8.63. The van der Waals surface area contributed by atoms with Crippen LogP contribution in [0.15, 0.2) is 18.2 Å². The standard InChI is InChI=1S/C24H32F4O/c1-2-3-4-16-5-7-17(8-6-16)18-9-11-19(12-10-18)20-13-14-21(24(28)23(20)27)29-15-22(25)26/h11,13-14,16-18,22H,2-10,12,15H2,1H3. The molecule has 0 heterocycles. The Bertz CT molecular complexity index is 692. The van der Waals surface area contributed by atoms with E-state index in [0.717, 1.165) is 36.7 Å². The molecular formula is C24H32F4O. The summed E-state index contributed by atoms with van der Waals surface area (Å²) in [5, 5.41) is 0. The van der Waals surface area contributed by atoms with Crippen molar-refractivity contribution in [1.82, 2.24) is 0 Å². The van der Waals surface area contributed by atoms with Crippen LogP contribution >= 0.6 is 0 Å². The Morgan fingerprint density at radius 2 is 1.76 bits per heavy atom. The van der Waals surface area contributed by atoms with Gasteiger partial charge in [0.1, 0.15) is 6.61 Å². The monoisotopic (exact) mass is 412 g/mol. The van der Waals surface area contributed by atoms with Gasteiger partial charge < -0.3 is 4.74 Å². The number of unbranched alkanes of at least 4 members (excludes halogenated alkanes) is 1. The first-order valence-corrected chi connectivity index (χ1v) is 11.1. The fourth-order valence-electron chi connectivity index (χ4n) is 5.01. The lowest BCUT2D eigenvalue weighted by atomic mass is 9.70. The predicted octanol–water partition coefficient (Wildman–Crippen LogP) is 7.79. The van der Waals surface area contributed by atoms with Gasteiger partial charge in [0.15, 0.2) is 11.6 Å². The third kappa shape index (κ3) is 5.76. The molecule has 0 bridgehead atoms. The van der Waals surface area contributed by atoms with Crippen molar-refractivity contribution < 1.29 is 22.3 Å². The van der Waals surface area contributed by atoms with Crippen LogP contribution in [-0.2, 0) is 0 Å². The van der Waals surface area contributed by atoms with Gasteiger partial charge in [-0.25, -0.2) is 13.2 Å². The highest BCUT2D eigenvalue weighted by atomic mass is 19.3. The summed E-state index contributed by atoms with van der Waals surface area (Å²) < 4.78 is 57.8. The number of benzene rings is 1. The van der Waals surface area contributed by atoms with Crippen LogP contribution in [0.25, 0.3) is 5.57 Å². The van der Waals surface area contributed by atoms with E-state index in [4.69, 9.17) is 0 Å². The van der Waals surface area contributed by atoms with Crippen molar-refractivity contribution in [1.29, 1.82) is 0 Å². The molecule has 1 fully saturated rings. The largest absolute Gasteiger partial charge is 0.484 e. The molecule has 0 N–H and O–H groups in total. The van der Waals surface area contributed by atoms with Gasteiger partial charge in [0, 0.05) is 5.56 Å². The van der Waals surface area contributed by atoms with Crippen molar-refractivity contribution >= 4 is 5.57 Å². The molecule has 1 aromatic carbocycles. The minimum Gasteiger partial charge on any atom is -0.484 e. The fraction of sp³-hybridized carbons (Fsp3) is 0.667. The van der Waals surface area contributed by atoms with Crippen LogP contribution in [-0.4, -0.2) is 13.0 Å². The van der Waals surface area contributed by atoms with E-state index in [1.54, 1.807) is 0 Å². The summed E-state index contributed by atoms with van der Waals surface area (Å²) in [6, 6.07) is 2.70. The zero-order valence-electron chi connectivity index (χ0n) is 17.2. The van der Waals surface area contributed by atoms with Crippen molar-refractivity contribution in [2.24, 2.45) is 17.8 Å². The number of hydrogen-bond donors (Lipinski definition) is 0. The minimum atomic E-state index is -2.73. The van der Waals surface area contributed by atoms with E-state index >= 15 is 0 Å². The Hall–Kier alpha value is -1.52. The molecule has 1 nitrogen and oxygen atoms in total. The summed E-state index contributed by atoms with van der Waals surface area (Å²) in [6.07, 6.45) is 11.2. The van der Waals surface area contributed by atoms with Crippen LogP contribution in [0.5, 0.6) is 5.75 Å². The van der Waals surface area contributed by atoms with Gasteiger partial charge in [-0.2, -0.15) is 4.39 Å². The molecule has 162 valence electrons. The number of alkyl halides is 2. The van der Waals surface area contributed by atoms with Crippen LogP contribution in [0.4, 0.5) is 17.6 Å². The molecular weight excluding hydrogens is 380 g/mol. The first-order chi connectivity index (χ1) is 14.0. The van der Waals surface area contributed by atoms with E-state index in [0.29, 0.717) is 5.92 Å². The highest BCUT2D eigenvalue weighted by Gasteiger charge is 2.29. The van der Waals surface area contributed by atoms with Crippen LogP contribution in [0.2, 0.25) is 0 Å². The SMILES string of the molecule is CCCCC1CCC(C2CC=C(c3ccc(OCC(F)F)c(F)c3F)CC2)CC1. The van der Waals surface area contributed by atoms with Crippen molar-refractivity contribution in [2.45, 2.75) is 77.6 Å². The Kier molecular flexibility index (Phi) is 8.02. The molecule has 0 amide bonds. The van der Waals surface area contributed by atoms with E-state index < -0.39 is 30.4 Å². The van der Waals surface area contributed by atoms with Gasteiger partial charge in [0.25, 0.3) is 6.43 Å². The second-order valence-corrected chi connectivity index (χ2v) is 8.63. The zero-order chi connectivity index (χ0) is 20.8. The Balaban J connectivity index is 1.58. The first kappa shape index (κ1) is 22.2. The number of allylic oxidation sites excluding steroid dienone is 2. The lowest BCUT2D eigenvalue weighted by Crippen LogP contribution is -2.23. The molecule has 2 aliphatic rings. The van der Waals surface area contributed by atoms with E-state index in [9.17, 15) is 17.6 Å². The first-order valence-electron chi connectivity index (χ1n) is 11.1. The highest BCUT2D eigenvalue weighted by molar-refractivity contribution is 5.67. The average Bonchev–Trinajstić information content (AvgIpc) is 2.74. The van der Waals surface area contributed by atoms with Crippen molar-refractivity contribution in [3.63, 3.8) is 0 Å². The topological polar surface area (TPSA) is 9.23 Å². The molecule has 0 saturated heterocycles. The molecule has 0 spiro atoms. The minimum absolute atomic E-state index is 0.230. The van der Waals surface area contributed by atoms with Gasteiger partial charge in [-0.3, -0.25) is 0 Å². The summed E-state index contributed by atoms with van der Waals surface area (Å²) in [7, 11) is 0. The van der Waals surface area contributed by atoms with E-state index in [1.165, 1.54) is 57.1 Å². The van der Waals surface area contributed by atoms with Gasteiger partial charge in [0.2, 0.25) is 5.82 Å². The van der Waals surface area contributed by atoms with Crippen LogP contribution in [0.1, 0.15) is 76.7 Å². The van der Waals surface area contributed by atoms with Gasteiger partial charge in [-0.1, -0.05) is 45.1 Å². The van der Waals surface area contributed by atoms with Gasteiger partial charge in [-0.05, 0) is 67.6 Å².